The molecule has 2 rings (SSSR count). The second-order valence-corrected chi connectivity index (χ2v) is 6.74. The van der Waals surface area contributed by atoms with Crippen molar-refractivity contribution in [2.45, 2.75) is 52.2 Å². The number of ether oxygens (including phenoxy) is 2. The van der Waals surface area contributed by atoms with Crippen LogP contribution in [0.25, 0.3) is 0 Å². The molecule has 0 saturated carbocycles. The lowest BCUT2D eigenvalue weighted by Crippen LogP contribution is -2.53. The van der Waals surface area contributed by atoms with Gasteiger partial charge in [0.1, 0.15) is 0 Å². The van der Waals surface area contributed by atoms with E-state index >= 15 is 0 Å². The van der Waals surface area contributed by atoms with Crippen molar-refractivity contribution in [3.63, 3.8) is 0 Å². The first-order valence-electron chi connectivity index (χ1n) is 8.30. The molecule has 1 N–H and O–H groups in total. The third-order valence-electron chi connectivity index (χ3n) is 4.53. The van der Waals surface area contributed by atoms with Gasteiger partial charge in [0.15, 0.2) is 0 Å². The summed E-state index contributed by atoms with van der Waals surface area (Å²) in [5.74, 6) is 0. The van der Waals surface area contributed by atoms with E-state index in [0.29, 0.717) is 17.6 Å². The van der Waals surface area contributed by atoms with Crippen LogP contribution in [0, 0.1) is 5.41 Å². The molecule has 0 amide bonds. The largest absolute Gasteiger partial charge is 0.381 e. The van der Waals surface area contributed by atoms with Gasteiger partial charge in [0.05, 0.1) is 12.2 Å². The summed E-state index contributed by atoms with van der Waals surface area (Å²) in [5.41, 5.74) is 0.393. The molecular weight excluding hydrogens is 252 g/mol. The van der Waals surface area contributed by atoms with Gasteiger partial charge in [0.25, 0.3) is 0 Å². The average Bonchev–Trinajstić information content (AvgIpc) is 2.38. The average molecular weight is 284 g/mol. The first kappa shape index (κ1) is 16.2. The zero-order valence-corrected chi connectivity index (χ0v) is 13.5. The molecule has 2 atom stereocenters. The monoisotopic (exact) mass is 284 g/mol. The molecule has 0 bridgehead atoms. The van der Waals surface area contributed by atoms with Crippen molar-refractivity contribution in [2.24, 2.45) is 5.41 Å². The summed E-state index contributed by atoms with van der Waals surface area (Å²) in [6, 6.07) is 0. The van der Waals surface area contributed by atoms with Crippen LogP contribution in [0.1, 0.15) is 40.0 Å². The predicted molar refractivity (Wildman–Crippen MR) is 82.1 cm³/mol. The van der Waals surface area contributed by atoms with E-state index in [1.54, 1.807) is 0 Å². The van der Waals surface area contributed by atoms with Gasteiger partial charge in [-0.3, -0.25) is 4.90 Å². The van der Waals surface area contributed by atoms with E-state index in [1.807, 2.05) is 0 Å². The summed E-state index contributed by atoms with van der Waals surface area (Å²) in [6.07, 6.45) is 4.30. The van der Waals surface area contributed by atoms with Gasteiger partial charge < -0.3 is 14.8 Å². The third kappa shape index (κ3) is 4.69. The highest BCUT2D eigenvalue weighted by Gasteiger charge is 2.36. The van der Waals surface area contributed by atoms with Crippen molar-refractivity contribution < 1.29 is 9.47 Å². The molecule has 0 aliphatic carbocycles. The highest BCUT2D eigenvalue weighted by molar-refractivity contribution is 4.89. The number of nitrogens with one attached hydrogen (secondary N) is 1. The van der Waals surface area contributed by atoms with E-state index in [1.165, 1.54) is 25.8 Å². The molecule has 2 aliphatic heterocycles. The number of nitrogens with zero attached hydrogens (tertiary/aromatic N) is 1. The third-order valence-corrected chi connectivity index (χ3v) is 4.53. The number of hydrogen-bond donors (Lipinski definition) is 1. The minimum atomic E-state index is 0.360. The summed E-state index contributed by atoms with van der Waals surface area (Å²) in [7, 11) is 0. The Balaban J connectivity index is 1.92. The van der Waals surface area contributed by atoms with Crippen molar-refractivity contribution >= 4 is 0 Å². The number of rotatable bonds is 6. The zero-order valence-electron chi connectivity index (χ0n) is 13.5. The molecule has 2 heterocycles. The normalized spacial score (nSPS) is 31.4. The molecular formula is C16H32N2O2. The number of morpholine rings is 1. The Morgan fingerprint density at radius 3 is 2.40 bits per heavy atom. The molecule has 0 radical (unpaired) electrons. The van der Waals surface area contributed by atoms with Crippen LogP contribution in [-0.2, 0) is 9.47 Å². The van der Waals surface area contributed by atoms with E-state index in [9.17, 15) is 0 Å². The predicted octanol–water partition coefficient (Wildman–Crippen LogP) is 1.89. The lowest BCUT2D eigenvalue weighted by Gasteiger charge is -2.44. The molecule has 20 heavy (non-hydrogen) atoms. The second kappa shape index (κ2) is 7.74. The Kier molecular flexibility index (Phi) is 6.27. The van der Waals surface area contributed by atoms with E-state index < -0.39 is 0 Å². The molecule has 4 heteroatoms. The molecule has 2 unspecified atom stereocenters. The Bertz CT molecular complexity index is 270. The topological polar surface area (TPSA) is 33.7 Å². The lowest BCUT2D eigenvalue weighted by molar-refractivity contribution is -0.0875. The van der Waals surface area contributed by atoms with Crippen LogP contribution in [0.15, 0.2) is 0 Å². The van der Waals surface area contributed by atoms with Crippen LogP contribution in [0.4, 0.5) is 0 Å². The standard InChI is InChI=1S/C16H32N2O2/c1-4-7-17-12-16(5-8-19-9-6-16)13-18-10-14(2)20-15(3)11-18/h14-15,17H,4-13H2,1-3H3. The fraction of sp³-hybridized carbons (Fsp3) is 1.00. The molecule has 118 valence electrons. The van der Waals surface area contributed by atoms with Gasteiger partial charge in [-0.15, -0.1) is 0 Å². The van der Waals surface area contributed by atoms with Crippen LogP contribution in [0.3, 0.4) is 0 Å². The van der Waals surface area contributed by atoms with Gasteiger partial charge >= 0.3 is 0 Å². The van der Waals surface area contributed by atoms with Crippen molar-refractivity contribution in [2.75, 3.05) is 45.9 Å². The first-order chi connectivity index (χ1) is 9.63. The van der Waals surface area contributed by atoms with Gasteiger partial charge in [0.2, 0.25) is 0 Å². The van der Waals surface area contributed by atoms with Gasteiger partial charge in [-0.05, 0) is 45.1 Å². The summed E-state index contributed by atoms with van der Waals surface area (Å²) in [4.78, 5) is 2.61. The summed E-state index contributed by atoms with van der Waals surface area (Å²) < 4.78 is 11.4. The minimum absolute atomic E-state index is 0.360. The van der Waals surface area contributed by atoms with Gasteiger partial charge in [-0.2, -0.15) is 0 Å². The van der Waals surface area contributed by atoms with E-state index in [-0.39, 0.29) is 0 Å². The fourth-order valence-electron chi connectivity index (χ4n) is 3.61. The van der Waals surface area contributed by atoms with E-state index in [4.69, 9.17) is 9.47 Å². The summed E-state index contributed by atoms with van der Waals surface area (Å²) >= 11 is 0. The van der Waals surface area contributed by atoms with Crippen LogP contribution in [-0.4, -0.2) is 63.0 Å². The Hall–Kier alpha value is -0.160. The zero-order chi connectivity index (χ0) is 14.4. The Morgan fingerprint density at radius 2 is 1.80 bits per heavy atom. The van der Waals surface area contributed by atoms with Crippen LogP contribution < -0.4 is 5.32 Å². The summed E-state index contributed by atoms with van der Waals surface area (Å²) in [5, 5.41) is 3.64. The maximum atomic E-state index is 5.86. The van der Waals surface area contributed by atoms with Crippen LogP contribution in [0.2, 0.25) is 0 Å². The first-order valence-corrected chi connectivity index (χ1v) is 8.30. The molecule has 2 saturated heterocycles. The molecule has 2 fully saturated rings. The van der Waals surface area contributed by atoms with Gasteiger partial charge in [-0.25, -0.2) is 0 Å². The molecule has 0 aromatic heterocycles. The molecule has 2 aliphatic rings. The van der Waals surface area contributed by atoms with Crippen LogP contribution in [0.5, 0.6) is 0 Å². The van der Waals surface area contributed by atoms with Gasteiger partial charge in [-0.1, -0.05) is 6.92 Å². The molecule has 4 nitrogen and oxygen atoms in total. The Morgan fingerprint density at radius 1 is 1.15 bits per heavy atom. The van der Waals surface area contributed by atoms with Crippen LogP contribution >= 0.6 is 0 Å². The lowest BCUT2D eigenvalue weighted by atomic mass is 9.79. The minimum Gasteiger partial charge on any atom is -0.381 e. The van der Waals surface area contributed by atoms with E-state index in [2.05, 4.69) is 31.0 Å². The fourth-order valence-corrected chi connectivity index (χ4v) is 3.61. The quantitative estimate of drug-likeness (QED) is 0.755. The summed E-state index contributed by atoms with van der Waals surface area (Å²) in [6.45, 7) is 14.0. The maximum Gasteiger partial charge on any atom is 0.0678 e. The Labute approximate surface area is 124 Å². The van der Waals surface area contributed by atoms with Gasteiger partial charge in [0, 0.05) is 39.4 Å². The maximum absolute atomic E-state index is 5.86. The second-order valence-electron chi connectivity index (χ2n) is 6.74. The van der Waals surface area contributed by atoms with Crippen molar-refractivity contribution in [1.82, 2.24) is 10.2 Å². The van der Waals surface area contributed by atoms with Crippen molar-refractivity contribution in [1.29, 1.82) is 0 Å². The number of hydrogen-bond acceptors (Lipinski definition) is 4. The highest BCUT2D eigenvalue weighted by Crippen LogP contribution is 2.32. The van der Waals surface area contributed by atoms with Crippen molar-refractivity contribution in [3.8, 4) is 0 Å². The molecule has 0 spiro atoms. The highest BCUT2D eigenvalue weighted by atomic mass is 16.5. The molecule has 0 aromatic rings. The van der Waals surface area contributed by atoms with E-state index in [0.717, 1.165) is 39.4 Å². The SMILES string of the molecule is CCCNCC1(CN2CC(C)OC(C)C2)CCOCC1. The van der Waals surface area contributed by atoms with Crippen molar-refractivity contribution in [3.05, 3.63) is 0 Å². The smallest absolute Gasteiger partial charge is 0.0678 e. The molecule has 0 aromatic carbocycles.